The number of urea groups is 1. The molecule has 4 heterocycles. The summed E-state index contributed by atoms with van der Waals surface area (Å²) >= 11 is 0. The fourth-order valence-corrected chi connectivity index (χ4v) is 7.81. The van der Waals surface area contributed by atoms with Gasteiger partial charge in [-0.2, -0.15) is 0 Å². The summed E-state index contributed by atoms with van der Waals surface area (Å²) in [5.41, 5.74) is 1.80. The standard InChI is InChI=1S/C29H32N6O10P2/c1-2-30-29(36)34-26-23-27(32-17-31-26)35(18-33-23)28-25-24(43-22(44-25)14-13-19-9-5-3-6-10-19)21(42-28)15-41-47(39,40)45-46(37,38)16-20-11-7-4-8-12-20/h3-14,17-18,21-22,24-25,28H,2,15-16H2,1H3,(H,37,38)(H,39,40)(H2,30,31,32,34,36)/p-2/b14-13+/t21-,22+,24?,25+,28-/m1/s1. The van der Waals surface area contributed by atoms with Crippen molar-refractivity contribution in [1.29, 1.82) is 0 Å². The minimum absolute atomic E-state index is 0.156. The molecule has 0 saturated carbocycles. The van der Waals surface area contributed by atoms with Crippen molar-refractivity contribution < 1.29 is 46.8 Å². The van der Waals surface area contributed by atoms with Crippen LogP contribution in [0.5, 0.6) is 0 Å². The zero-order valence-corrected chi connectivity index (χ0v) is 26.6. The minimum Gasteiger partial charge on any atom is -0.778 e. The molecule has 2 saturated heterocycles. The molecule has 0 spiro atoms. The summed E-state index contributed by atoms with van der Waals surface area (Å²) in [5, 5.41) is 5.24. The Balaban J connectivity index is 1.21. The number of ether oxygens (including phenoxy) is 3. The predicted molar refractivity (Wildman–Crippen MR) is 163 cm³/mol. The van der Waals surface area contributed by atoms with Crippen molar-refractivity contribution in [1.82, 2.24) is 24.8 Å². The molecule has 2 aromatic heterocycles. The molecule has 0 radical (unpaired) electrons. The highest BCUT2D eigenvalue weighted by Crippen LogP contribution is 2.57. The van der Waals surface area contributed by atoms with Gasteiger partial charge in [0.2, 0.25) is 0 Å². The van der Waals surface area contributed by atoms with Crippen LogP contribution in [-0.2, 0) is 38.3 Å². The van der Waals surface area contributed by atoms with E-state index >= 15 is 0 Å². The molecular formula is C29H30N6O10P2-2. The van der Waals surface area contributed by atoms with E-state index in [-0.39, 0.29) is 17.0 Å². The number of phosphoric ester groups is 1. The SMILES string of the molecule is CCNC(=O)Nc1ncnc2c1ncn2[C@@H]1O[C@H](COP(=O)([O-])OP(=O)([O-])Cc2ccccc2)C2O[C@H](/C=C/c3ccccc3)O[C@@H]21. The molecule has 7 atom stereocenters. The minimum atomic E-state index is -5.35. The van der Waals surface area contributed by atoms with Crippen LogP contribution in [0.25, 0.3) is 17.2 Å². The van der Waals surface area contributed by atoms with Gasteiger partial charge in [-0.1, -0.05) is 66.7 Å². The smallest absolute Gasteiger partial charge is 0.320 e. The molecule has 16 nitrogen and oxygen atoms in total. The summed E-state index contributed by atoms with van der Waals surface area (Å²) in [6, 6.07) is 17.0. The van der Waals surface area contributed by atoms with Crippen molar-refractivity contribution in [2.24, 2.45) is 0 Å². The molecule has 2 amide bonds. The van der Waals surface area contributed by atoms with Gasteiger partial charge in [0.25, 0.3) is 7.82 Å². The van der Waals surface area contributed by atoms with Gasteiger partial charge in [0.15, 0.2) is 29.5 Å². The number of amides is 2. The predicted octanol–water partition coefficient (Wildman–Crippen LogP) is 2.94. The van der Waals surface area contributed by atoms with E-state index in [9.17, 15) is 23.7 Å². The van der Waals surface area contributed by atoms with Crippen LogP contribution in [0.4, 0.5) is 10.6 Å². The van der Waals surface area contributed by atoms with Crippen molar-refractivity contribution in [3.63, 3.8) is 0 Å². The number of hydrogen-bond acceptors (Lipinski definition) is 13. The van der Waals surface area contributed by atoms with E-state index in [0.29, 0.717) is 12.1 Å². The zero-order valence-electron chi connectivity index (χ0n) is 24.9. The summed E-state index contributed by atoms with van der Waals surface area (Å²) in [7, 11) is -10.2. The zero-order chi connectivity index (χ0) is 33.0. The molecule has 2 aromatic carbocycles. The van der Waals surface area contributed by atoms with Gasteiger partial charge < -0.3 is 38.4 Å². The van der Waals surface area contributed by atoms with Crippen LogP contribution in [0, 0.1) is 0 Å². The van der Waals surface area contributed by atoms with Crippen molar-refractivity contribution >= 4 is 44.5 Å². The number of fused-ring (bicyclic) bond motifs is 2. The second-order valence-electron chi connectivity index (χ2n) is 10.5. The Kier molecular flexibility index (Phi) is 9.94. The first kappa shape index (κ1) is 33.1. The van der Waals surface area contributed by atoms with Crippen molar-refractivity contribution in [3.8, 4) is 0 Å². The van der Waals surface area contributed by atoms with Crippen molar-refractivity contribution in [2.45, 2.75) is 43.9 Å². The molecule has 2 aliphatic rings. The lowest BCUT2D eigenvalue weighted by Crippen LogP contribution is -2.32. The second kappa shape index (κ2) is 14.1. The maximum absolute atomic E-state index is 12.7. The molecule has 2 aliphatic heterocycles. The first-order valence-electron chi connectivity index (χ1n) is 14.5. The number of nitrogens with one attached hydrogen (secondary N) is 2. The van der Waals surface area contributed by atoms with Gasteiger partial charge in [0, 0.05) is 12.7 Å². The van der Waals surface area contributed by atoms with Gasteiger partial charge in [-0.3, -0.25) is 18.8 Å². The number of rotatable bonds is 12. The highest BCUT2D eigenvalue weighted by Gasteiger charge is 2.53. The number of anilines is 1. The second-order valence-corrected chi connectivity index (χ2v) is 13.9. The lowest BCUT2D eigenvalue weighted by atomic mass is 10.1. The Morgan fingerprint density at radius 2 is 1.72 bits per heavy atom. The van der Waals surface area contributed by atoms with Crippen molar-refractivity contribution in [3.05, 3.63) is 90.5 Å². The lowest BCUT2D eigenvalue weighted by molar-refractivity contribution is -0.234. The van der Waals surface area contributed by atoms with Gasteiger partial charge in [-0.15, -0.1) is 0 Å². The van der Waals surface area contributed by atoms with Gasteiger partial charge >= 0.3 is 6.03 Å². The van der Waals surface area contributed by atoms with Crippen LogP contribution in [0.15, 0.2) is 79.4 Å². The molecular weight excluding hydrogens is 654 g/mol. The summed E-state index contributed by atoms with van der Waals surface area (Å²) < 4.78 is 54.7. The number of phosphoric acid groups is 1. The third-order valence-corrected chi connectivity index (χ3v) is 10.2. The first-order valence-corrected chi connectivity index (χ1v) is 17.7. The Hall–Kier alpha value is -3.82. The van der Waals surface area contributed by atoms with E-state index in [4.69, 9.17) is 18.7 Å². The Morgan fingerprint density at radius 3 is 2.47 bits per heavy atom. The maximum Gasteiger partial charge on any atom is 0.320 e. The monoisotopic (exact) mass is 684 g/mol. The third-order valence-electron chi connectivity index (χ3n) is 7.16. The van der Waals surface area contributed by atoms with Gasteiger partial charge in [0.05, 0.1) is 12.9 Å². The number of imidazole rings is 1. The van der Waals surface area contributed by atoms with E-state index in [0.717, 1.165) is 5.56 Å². The highest BCUT2D eigenvalue weighted by atomic mass is 31.3. The molecule has 2 N–H and O–H groups in total. The van der Waals surface area contributed by atoms with E-state index in [1.807, 2.05) is 36.4 Å². The van der Waals surface area contributed by atoms with E-state index in [1.54, 1.807) is 35.8 Å². The van der Waals surface area contributed by atoms with Crippen LogP contribution in [-0.4, -0.2) is 63.3 Å². The third kappa shape index (κ3) is 8.01. The number of carbonyl (C=O) groups is 1. The van der Waals surface area contributed by atoms with Gasteiger partial charge in [-0.05, 0) is 24.1 Å². The van der Waals surface area contributed by atoms with Crippen molar-refractivity contribution in [2.75, 3.05) is 18.5 Å². The van der Waals surface area contributed by atoms with Crippen LogP contribution >= 0.6 is 15.4 Å². The quantitative estimate of drug-likeness (QED) is 0.206. The molecule has 248 valence electrons. The number of aromatic nitrogens is 4. The molecule has 6 rings (SSSR count). The Morgan fingerprint density at radius 1 is 1.00 bits per heavy atom. The molecule has 4 aromatic rings. The normalized spacial score (nSPS) is 25.0. The molecule has 0 aliphatic carbocycles. The molecule has 47 heavy (non-hydrogen) atoms. The van der Waals surface area contributed by atoms with Crippen LogP contribution in [0.1, 0.15) is 24.3 Å². The fraction of sp³-hybridized carbons (Fsp3) is 0.310. The number of nitrogens with zero attached hydrogens (tertiary/aromatic N) is 4. The summed E-state index contributed by atoms with van der Waals surface area (Å²) in [5.74, 6) is 0.156. The number of hydrogen-bond donors (Lipinski definition) is 2. The Bertz CT molecular complexity index is 1830. The molecule has 0 bridgehead atoms. The number of benzene rings is 2. The molecule has 3 unspecified atom stereocenters. The fourth-order valence-electron chi connectivity index (χ4n) is 5.18. The maximum atomic E-state index is 12.7. The highest BCUT2D eigenvalue weighted by molar-refractivity contribution is 7.62. The van der Waals surface area contributed by atoms with E-state index < -0.39 is 65.0 Å². The first-order chi connectivity index (χ1) is 22.6. The summed E-state index contributed by atoms with van der Waals surface area (Å²) in [4.78, 5) is 50.1. The van der Waals surface area contributed by atoms with E-state index in [2.05, 4.69) is 29.9 Å². The van der Waals surface area contributed by atoms with Crippen LogP contribution in [0.3, 0.4) is 0 Å². The average Bonchev–Trinajstić information content (AvgIpc) is 3.74. The van der Waals surface area contributed by atoms with Crippen LogP contribution in [0.2, 0.25) is 0 Å². The lowest BCUT2D eigenvalue weighted by Gasteiger charge is -2.32. The van der Waals surface area contributed by atoms with Crippen LogP contribution < -0.4 is 20.4 Å². The average molecular weight is 685 g/mol. The molecule has 2 fully saturated rings. The topological polar surface area (TPSA) is 211 Å². The van der Waals surface area contributed by atoms with E-state index in [1.165, 1.54) is 24.8 Å². The summed E-state index contributed by atoms with van der Waals surface area (Å²) in [6.07, 6.45) is 1.01. The van der Waals surface area contributed by atoms with Gasteiger partial charge in [-0.25, -0.2) is 19.7 Å². The summed E-state index contributed by atoms with van der Waals surface area (Å²) in [6.45, 7) is 1.52. The number of carbonyl (C=O) groups excluding carboxylic acids is 1. The largest absolute Gasteiger partial charge is 0.778 e. The Labute approximate surface area is 268 Å². The van der Waals surface area contributed by atoms with Gasteiger partial charge in [0.1, 0.15) is 32.2 Å². The molecule has 18 heteroatoms.